The van der Waals surface area contributed by atoms with Gasteiger partial charge in [0.25, 0.3) is 11.5 Å². The van der Waals surface area contributed by atoms with Gasteiger partial charge in [0.2, 0.25) is 0 Å². The Bertz CT molecular complexity index is 1100. The van der Waals surface area contributed by atoms with E-state index in [-0.39, 0.29) is 11.5 Å². The summed E-state index contributed by atoms with van der Waals surface area (Å²) in [5, 5.41) is 11.9. The molecule has 0 aliphatic heterocycles. The molecule has 7 nitrogen and oxygen atoms in total. The van der Waals surface area contributed by atoms with E-state index in [1.807, 2.05) is 31.3 Å². The number of carbonyl (C=O) groups is 1. The van der Waals surface area contributed by atoms with Crippen molar-refractivity contribution in [3.63, 3.8) is 0 Å². The van der Waals surface area contributed by atoms with Gasteiger partial charge in [-0.25, -0.2) is 0 Å². The SMILES string of the molecule is CNC(=O)c1ccc(C[NH+](C)Cn2nnc3sc4c(c3c2=O)CC[C@H](C)C4)cc1. The van der Waals surface area contributed by atoms with Gasteiger partial charge in [-0.05, 0) is 42.9 Å². The van der Waals surface area contributed by atoms with Gasteiger partial charge in [0.05, 0.1) is 12.4 Å². The van der Waals surface area contributed by atoms with E-state index in [4.69, 9.17) is 0 Å². The first-order valence-corrected chi connectivity index (χ1v) is 10.8. The number of hydrogen-bond acceptors (Lipinski definition) is 5. The van der Waals surface area contributed by atoms with Crippen molar-refractivity contribution in [3.05, 3.63) is 56.2 Å². The number of nitrogens with one attached hydrogen (secondary N) is 2. The number of amides is 1. The minimum absolute atomic E-state index is 0.0311. The third-order valence-corrected chi connectivity index (χ3v) is 6.69. The Labute approximate surface area is 173 Å². The summed E-state index contributed by atoms with van der Waals surface area (Å²) in [6, 6.07) is 7.53. The molecule has 2 atom stereocenters. The maximum Gasteiger partial charge on any atom is 0.283 e. The molecule has 1 aliphatic rings. The number of fused-ring (bicyclic) bond motifs is 3. The van der Waals surface area contributed by atoms with Crippen LogP contribution in [0.25, 0.3) is 10.2 Å². The van der Waals surface area contributed by atoms with Crippen LogP contribution in [0.2, 0.25) is 0 Å². The van der Waals surface area contributed by atoms with Crippen molar-refractivity contribution in [3.8, 4) is 0 Å². The molecule has 0 bridgehead atoms. The Kier molecular flexibility index (Phi) is 5.47. The quantitative estimate of drug-likeness (QED) is 0.655. The van der Waals surface area contributed by atoms with Crippen molar-refractivity contribution in [2.24, 2.45) is 5.92 Å². The molecule has 1 unspecified atom stereocenters. The van der Waals surface area contributed by atoms with Gasteiger partial charge in [-0.1, -0.05) is 24.3 Å². The van der Waals surface area contributed by atoms with Crippen LogP contribution in [0.15, 0.2) is 29.1 Å². The van der Waals surface area contributed by atoms with Crippen LogP contribution in [0.4, 0.5) is 0 Å². The van der Waals surface area contributed by atoms with Gasteiger partial charge in [-0.2, -0.15) is 4.68 Å². The molecule has 0 saturated heterocycles. The maximum atomic E-state index is 13.1. The molecule has 8 heteroatoms. The second-order valence-electron chi connectivity index (χ2n) is 7.99. The molecule has 1 aliphatic carbocycles. The van der Waals surface area contributed by atoms with Crippen molar-refractivity contribution in [1.82, 2.24) is 20.3 Å². The number of nitrogens with zero attached hydrogens (tertiary/aromatic N) is 3. The highest BCUT2D eigenvalue weighted by Gasteiger charge is 2.24. The molecule has 1 amide bonds. The fourth-order valence-electron chi connectivity index (χ4n) is 3.97. The minimum atomic E-state index is -0.0964. The summed E-state index contributed by atoms with van der Waals surface area (Å²) in [6.07, 6.45) is 3.11. The average Bonchev–Trinajstić information content (AvgIpc) is 3.08. The number of rotatable bonds is 5. The molecule has 2 N–H and O–H groups in total. The number of aromatic nitrogens is 3. The van der Waals surface area contributed by atoms with Crippen LogP contribution in [-0.2, 0) is 26.1 Å². The fourth-order valence-corrected chi connectivity index (χ4v) is 5.29. The lowest BCUT2D eigenvalue weighted by Gasteiger charge is -2.17. The zero-order chi connectivity index (χ0) is 20.5. The first kappa shape index (κ1) is 19.7. The Morgan fingerprint density at radius 1 is 1.34 bits per heavy atom. The Balaban J connectivity index is 1.52. The van der Waals surface area contributed by atoms with E-state index in [0.717, 1.165) is 46.5 Å². The first-order valence-electron chi connectivity index (χ1n) is 9.96. The summed E-state index contributed by atoms with van der Waals surface area (Å²) in [5.74, 6) is 0.567. The number of carbonyl (C=O) groups excluding carboxylic acids is 1. The number of benzene rings is 1. The second kappa shape index (κ2) is 8.04. The Morgan fingerprint density at radius 2 is 2.10 bits per heavy atom. The zero-order valence-corrected chi connectivity index (χ0v) is 17.8. The number of aryl methyl sites for hydroxylation is 1. The topological polar surface area (TPSA) is 81.3 Å². The lowest BCUT2D eigenvalue weighted by atomic mass is 9.89. The van der Waals surface area contributed by atoms with E-state index >= 15 is 0 Å². The summed E-state index contributed by atoms with van der Waals surface area (Å²) in [6.45, 7) is 3.43. The molecule has 0 spiro atoms. The molecule has 2 aromatic heterocycles. The van der Waals surface area contributed by atoms with E-state index < -0.39 is 0 Å². The Morgan fingerprint density at radius 3 is 2.83 bits per heavy atom. The van der Waals surface area contributed by atoms with Crippen LogP contribution in [0.5, 0.6) is 0 Å². The lowest BCUT2D eigenvalue weighted by Crippen LogP contribution is -3.07. The van der Waals surface area contributed by atoms with E-state index in [9.17, 15) is 9.59 Å². The highest BCUT2D eigenvalue weighted by Crippen LogP contribution is 2.35. The van der Waals surface area contributed by atoms with Crippen LogP contribution in [-0.4, -0.2) is 35.0 Å². The third-order valence-electron chi connectivity index (χ3n) is 5.55. The van der Waals surface area contributed by atoms with Crippen molar-refractivity contribution in [2.45, 2.75) is 39.4 Å². The van der Waals surface area contributed by atoms with Crippen LogP contribution in [0.3, 0.4) is 0 Å². The summed E-state index contributed by atoms with van der Waals surface area (Å²) in [7, 11) is 3.64. The molecule has 4 rings (SSSR count). The van der Waals surface area contributed by atoms with E-state index in [1.165, 1.54) is 15.1 Å². The van der Waals surface area contributed by atoms with Crippen molar-refractivity contribution >= 4 is 27.5 Å². The predicted octanol–water partition coefficient (Wildman–Crippen LogP) is 1.01. The summed E-state index contributed by atoms with van der Waals surface area (Å²) in [5.41, 5.74) is 2.90. The van der Waals surface area contributed by atoms with E-state index in [2.05, 4.69) is 22.6 Å². The highest BCUT2D eigenvalue weighted by atomic mass is 32.1. The molecule has 0 fully saturated rings. The van der Waals surface area contributed by atoms with Gasteiger partial charge in [-0.15, -0.1) is 16.4 Å². The number of thiophene rings is 1. The van der Waals surface area contributed by atoms with Gasteiger partial charge in [0.1, 0.15) is 6.54 Å². The van der Waals surface area contributed by atoms with Crippen molar-refractivity contribution in [1.29, 1.82) is 0 Å². The smallest absolute Gasteiger partial charge is 0.283 e. The van der Waals surface area contributed by atoms with Gasteiger partial charge in [0.15, 0.2) is 11.5 Å². The summed E-state index contributed by atoms with van der Waals surface area (Å²) in [4.78, 5) is 27.9. The van der Waals surface area contributed by atoms with Crippen LogP contribution >= 0.6 is 11.3 Å². The van der Waals surface area contributed by atoms with Crippen molar-refractivity contribution < 1.29 is 9.69 Å². The normalized spacial score (nSPS) is 17.1. The zero-order valence-electron chi connectivity index (χ0n) is 17.0. The molecule has 0 saturated carbocycles. The highest BCUT2D eigenvalue weighted by molar-refractivity contribution is 7.18. The van der Waals surface area contributed by atoms with Gasteiger partial charge in [0, 0.05) is 23.1 Å². The van der Waals surface area contributed by atoms with Gasteiger partial charge < -0.3 is 10.2 Å². The van der Waals surface area contributed by atoms with E-state index in [1.54, 1.807) is 18.4 Å². The standard InChI is InChI=1S/C21H25N5O2S/c1-13-4-9-16-17(10-13)29-20-18(16)21(28)26(24-23-20)12-25(3)11-14-5-7-15(8-6-14)19(27)22-2/h5-8,13H,4,9-12H2,1-3H3,(H,22,27)/p+1/t13-/m0/s1. The Hall–Kier alpha value is -2.58. The average molecular weight is 413 g/mol. The molecule has 3 aromatic rings. The fraction of sp³-hybridized carbons (Fsp3) is 0.429. The summed E-state index contributed by atoms with van der Waals surface area (Å²) >= 11 is 1.63. The first-order chi connectivity index (χ1) is 14.0. The predicted molar refractivity (Wildman–Crippen MR) is 113 cm³/mol. The lowest BCUT2D eigenvalue weighted by molar-refractivity contribution is -0.917. The molecule has 29 heavy (non-hydrogen) atoms. The number of hydrogen-bond donors (Lipinski definition) is 2. The molecule has 152 valence electrons. The van der Waals surface area contributed by atoms with Gasteiger partial charge in [-0.3, -0.25) is 9.59 Å². The van der Waals surface area contributed by atoms with Gasteiger partial charge >= 0.3 is 0 Å². The second-order valence-corrected chi connectivity index (χ2v) is 9.08. The maximum absolute atomic E-state index is 13.1. The minimum Gasteiger partial charge on any atom is -0.355 e. The number of quaternary nitrogens is 1. The summed E-state index contributed by atoms with van der Waals surface area (Å²) < 4.78 is 1.49. The molecular weight excluding hydrogens is 386 g/mol. The molecule has 0 radical (unpaired) electrons. The monoisotopic (exact) mass is 412 g/mol. The molecule has 1 aromatic carbocycles. The van der Waals surface area contributed by atoms with Crippen LogP contribution in [0, 0.1) is 5.92 Å². The van der Waals surface area contributed by atoms with E-state index in [0.29, 0.717) is 18.2 Å². The largest absolute Gasteiger partial charge is 0.355 e. The van der Waals surface area contributed by atoms with Crippen molar-refractivity contribution in [2.75, 3.05) is 14.1 Å². The van der Waals surface area contributed by atoms with Crippen LogP contribution < -0.4 is 15.8 Å². The van der Waals surface area contributed by atoms with Crippen LogP contribution in [0.1, 0.15) is 39.7 Å². The molecular formula is C21H26N5O2S+. The molecule has 2 heterocycles. The third kappa shape index (κ3) is 3.95.